The predicted octanol–water partition coefficient (Wildman–Crippen LogP) is 3.24. The van der Waals surface area contributed by atoms with E-state index >= 15 is 0 Å². The highest BCUT2D eigenvalue weighted by Gasteiger charge is 2.10. The van der Waals surface area contributed by atoms with Crippen molar-refractivity contribution >= 4 is 31.3 Å². The van der Waals surface area contributed by atoms with Crippen molar-refractivity contribution in [2.75, 3.05) is 0 Å². The smallest absolute Gasteiger partial charge is 0.262 e. The maximum absolute atomic E-state index is 11.0. The van der Waals surface area contributed by atoms with E-state index in [0.717, 1.165) is 11.8 Å². The third-order valence-electron chi connectivity index (χ3n) is 2.27. The topological polar surface area (TPSA) is 56.3 Å². The molecule has 1 heterocycles. The van der Waals surface area contributed by atoms with Crippen molar-refractivity contribution in [1.82, 2.24) is 4.98 Å². The Morgan fingerprint density at radius 3 is 2.58 bits per heavy atom. The fourth-order valence-electron chi connectivity index (χ4n) is 1.38. The Morgan fingerprint density at radius 1 is 1.21 bits per heavy atom. The van der Waals surface area contributed by atoms with Crippen LogP contribution in [0.2, 0.25) is 5.02 Å². The van der Waals surface area contributed by atoms with Gasteiger partial charge in [0, 0.05) is 21.8 Å². The zero-order valence-corrected chi connectivity index (χ0v) is 11.9. The van der Waals surface area contributed by atoms with Crippen LogP contribution < -0.4 is 4.74 Å². The number of pyridine rings is 1. The summed E-state index contributed by atoms with van der Waals surface area (Å²) >= 11 is 5.85. The number of aromatic nitrogens is 1. The van der Waals surface area contributed by atoms with E-state index in [1.54, 1.807) is 12.1 Å². The highest BCUT2D eigenvalue weighted by atomic mass is 35.7. The molecule has 2 rings (SSSR count). The first-order chi connectivity index (χ1) is 8.95. The summed E-state index contributed by atoms with van der Waals surface area (Å²) in [6.07, 6.45) is 1.15. The standard InChI is InChI=1S/C12H9Cl2NO3S/c13-10-3-1-2-9(6-10)8-18-12-5-4-11(7-15-12)19(14,16)17/h1-7H,8H2. The Kier molecular flexibility index (Phi) is 4.29. The number of nitrogens with zero attached hydrogens (tertiary/aromatic N) is 1. The predicted molar refractivity (Wildman–Crippen MR) is 73.1 cm³/mol. The third kappa shape index (κ3) is 4.09. The van der Waals surface area contributed by atoms with Gasteiger partial charge in [-0.1, -0.05) is 23.7 Å². The van der Waals surface area contributed by atoms with Gasteiger partial charge in [-0.05, 0) is 23.8 Å². The van der Waals surface area contributed by atoms with Crippen LogP contribution in [0.25, 0.3) is 0 Å². The van der Waals surface area contributed by atoms with E-state index in [1.807, 2.05) is 12.1 Å². The van der Waals surface area contributed by atoms with Gasteiger partial charge in [0.2, 0.25) is 5.88 Å². The van der Waals surface area contributed by atoms with Crippen LogP contribution in [-0.4, -0.2) is 13.4 Å². The highest BCUT2D eigenvalue weighted by Crippen LogP contribution is 2.17. The van der Waals surface area contributed by atoms with Gasteiger partial charge >= 0.3 is 0 Å². The summed E-state index contributed by atoms with van der Waals surface area (Å²) in [5, 5.41) is 0.623. The molecule has 0 bridgehead atoms. The molecule has 4 nitrogen and oxygen atoms in total. The summed E-state index contributed by atoms with van der Waals surface area (Å²) in [4.78, 5) is 3.80. The fourth-order valence-corrected chi connectivity index (χ4v) is 2.28. The zero-order valence-electron chi connectivity index (χ0n) is 9.58. The van der Waals surface area contributed by atoms with Crippen LogP contribution in [0.3, 0.4) is 0 Å². The van der Waals surface area contributed by atoms with Crippen molar-refractivity contribution in [2.24, 2.45) is 0 Å². The van der Waals surface area contributed by atoms with E-state index in [9.17, 15) is 8.42 Å². The van der Waals surface area contributed by atoms with E-state index in [-0.39, 0.29) is 4.90 Å². The molecule has 0 amide bonds. The molecule has 0 unspecified atom stereocenters. The molecular formula is C12H9Cl2NO3S. The van der Waals surface area contributed by atoms with Gasteiger partial charge in [-0.25, -0.2) is 13.4 Å². The lowest BCUT2D eigenvalue weighted by Crippen LogP contribution is -1.98. The molecule has 1 aromatic heterocycles. The Morgan fingerprint density at radius 2 is 2.00 bits per heavy atom. The second-order valence-electron chi connectivity index (χ2n) is 3.69. The van der Waals surface area contributed by atoms with Gasteiger partial charge in [0.25, 0.3) is 9.05 Å². The van der Waals surface area contributed by atoms with Crippen LogP contribution in [-0.2, 0) is 15.7 Å². The number of halogens is 2. The Bertz CT molecular complexity index is 672. The van der Waals surface area contributed by atoms with Crippen LogP contribution in [0.15, 0.2) is 47.5 Å². The van der Waals surface area contributed by atoms with E-state index in [0.29, 0.717) is 17.5 Å². The highest BCUT2D eigenvalue weighted by molar-refractivity contribution is 8.13. The number of hydrogen-bond acceptors (Lipinski definition) is 4. The Hall–Kier alpha value is -1.30. The maximum atomic E-state index is 11.0. The molecule has 0 aliphatic carbocycles. The fraction of sp³-hybridized carbons (Fsp3) is 0.0833. The van der Waals surface area contributed by atoms with E-state index in [2.05, 4.69) is 4.98 Å². The Labute approximate surface area is 120 Å². The average Bonchev–Trinajstić information content (AvgIpc) is 2.36. The lowest BCUT2D eigenvalue weighted by Gasteiger charge is -2.05. The minimum atomic E-state index is -3.76. The van der Waals surface area contributed by atoms with Crippen molar-refractivity contribution < 1.29 is 13.2 Å². The SMILES string of the molecule is O=S(=O)(Cl)c1ccc(OCc2cccc(Cl)c2)nc1. The summed E-state index contributed by atoms with van der Waals surface area (Å²) in [5.41, 5.74) is 0.892. The third-order valence-corrected chi connectivity index (χ3v) is 3.84. The first-order valence-electron chi connectivity index (χ1n) is 5.23. The number of rotatable bonds is 4. The summed E-state index contributed by atoms with van der Waals surface area (Å²) in [5.74, 6) is 0.309. The van der Waals surface area contributed by atoms with E-state index < -0.39 is 9.05 Å². The van der Waals surface area contributed by atoms with E-state index in [4.69, 9.17) is 27.0 Å². The summed E-state index contributed by atoms with van der Waals surface area (Å²) in [7, 11) is 1.42. The van der Waals surface area contributed by atoms with Crippen LogP contribution in [0.1, 0.15) is 5.56 Å². The molecule has 19 heavy (non-hydrogen) atoms. The quantitative estimate of drug-likeness (QED) is 0.812. The lowest BCUT2D eigenvalue weighted by atomic mass is 10.2. The minimum absolute atomic E-state index is 0.0655. The van der Waals surface area contributed by atoms with Crippen molar-refractivity contribution in [3.8, 4) is 5.88 Å². The molecule has 0 fully saturated rings. The molecule has 0 radical (unpaired) electrons. The monoisotopic (exact) mass is 317 g/mol. The molecule has 0 saturated carbocycles. The number of hydrogen-bond donors (Lipinski definition) is 0. The average molecular weight is 318 g/mol. The van der Waals surface area contributed by atoms with Crippen LogP contribution in [0.5, 0.6) is 5.88 Å². The van der Waals surface area contributed by atoms with Crippen LogP contribution in [0, 0.1) is 0 Å². The number of benzene rings is 1. The molecule has 2 aromatic rings. The molecule has 7 heteroatoms. The Balaban J connectivity index is 2.05. The van der Waals surface area contributed by atoms with Gasteiger partial charge in [-0.2, -0.15) is 0 Å². The normalized spacial score (nSPS) is 11.3. The summed E-state index contributed by atoms with van der Waals surface area (Å²) < 4.78 is 27.5. The summed E-state index contributed by atoms with van der Waals surface area (Å²) in [6.45, 7) is 0.292. The van der Waals surface area contributed by atoms with Crippen LogP contribution >= 0.6 is 22.3 Å². The van der Waals surface area contributed by atoms with Gasteiger partial charge in [-0.3, -0.25) is 0 Å². The molecule has 0 aliphatic heterocycles. The van der Waals surface area contributed by atoms with Gasteiger partial charge in [0.1, 0.15) is 11.5 Å². The van der Waals surface area contributed by atoms with E-state index in [1.165, 1.54) is 12.1 Å². The molecule has 0 aliphatic rings. The molecule has 0 atom stereocenters. The number of ether oxygens (including phenoxy) is 1. The molecule has 0 saturated heterocycles. The maximum Gasteiger partial charge on any atom is 0.262 e. The van der Waals surface area contributed by atoms with Crippen molar-refractivity contribution in [2.45, 2.75) is 11.5 Å². The molecule has 0 spiro atoms. The van der Waals surface area contributed by atoms with Gasteiger partial charge < -0.3 is 4.74 Å². The largest absolute Gasteiger partial charge is 0.473 e. The first kappa shape index (κ1) is 14.1. The van der Waals surface area contributed by atoms with Gasteiger partial charge in [0.15, 0.2) is 0 Å². The zero-order chi connectivity index (χ0) is 13.9. The minimum Gasteiger partial charge on any atom is -0.473 e. The van der Waals surface area contributed by atoms with Crippen molar-refractivity contribution in [3.63, 3.8) is 0 Å². The molecule has 100 valence electrons. The molecule has 1 aromatic carbocycles. The first-order valence-corrected chi connectivity index (χ1v) is 7.92. The molecule has 0 N–H and O–H groups in total. The van der Waals surface area contributed by atoms with Gasteiger partial charge in [0.05, 0.1) is 6.20 Å². The van der Waals surface area contributed by atoms with Gasteiger partial charge in [-0.15, -0.1) is 0 Å². The molecular weight excluding hydrogens is 309 g/mol. The second kappa shape index (κ2) is 5.77. The second-order valence-corrected chi connectivity index (χ2v) is 6.69. The van der Waals surface area contributed by atoms with Crippen molar-refractivity contribution in [1.29, 1.82) is 0 Å². The summed E-state index contributed by atoms with van der Waals surface area (Å²) in [6, 6.07) is 10.0. The van der Waals surface area contributed by atoms with Crippen molar-refractivity contribution in [3.05, 3.63) is 53.2 Å². The lowest BCUT2D eigenvalue weighted by molar-refractivity contribution is 0.293. The van der Waals surface area contributed by atoms with Crippen LogP contribution in [0.4, 0.5) is 0 Å².